The van der Waals surface area contributed by atoms with E-state index in [1.165, 1.54) is 31.2 Å². The molecule has 1 N–H and O–H groups in total. The maximum absolute atomic E-state index is 11.8. The molecule has 0 saturated heterocycles. The summed E-state index contributed by atoms with van der Waals surface area (Å²) in [6, 6.07) is 2.79. The predicted octanol–water partition coefficient (Wildman–Crippen LogP) is 2.30. The van der Waals surface area contributed by atoms with Gasteiger partial charge in [-0.25, -0.2) is 4.79 Å². The maximum atomic E-state index is 11.8. The molecule has 0 bridgehead atoms. The smallest absolute Gasteiger partial charge is 0.337 e. The van der Waals surface area contributed by atoms with Crippen molar-refractivity contribution in [3.63, 3.8) is 0 Å². The summed E-state index contributed by atoms with van der Waals surface area (Å²) in [6.45, 7) is 2.00. The summed E-state index contributed by atoms with van der Waals surface area (Å²) in [5, 5.41) is 8.93. The van der Waals surface area contributed by atoms with Crippen LogP contribution in [0.1, 0.15) is 49.0 Å². The van der Waals surface area contributed by atoms with Gasteiger partial charge in [0.05, 0.1) is 5.56 Å². The molecule has 4 nitrogen and oxygen atoms in total. The minimum absolute atomic E-state index is 0.0873. The second-order valence-corrected chi connectivity index (χ2v) is 4.75. The molecule has 0 amide bonds. The Morgan fingerprint density at radius 2 is 2.06 bits per heavy atom. The highest BCUT2D eigenvalue weighted by Gasteiger charge is 2.23. The Bertz CT molecular complexity index is 472. The van der Waals surface area contributed by atoms with E-state index >= 15 is 0 Å². The molecule has 1 aromatic heterocycles. The van der Waals surface area contributed by atoms with Crippen molar-refractivity contribution in [2.45, 2.75) is 38.6 Å². The minimum Gasteiger partial charge on any atom is -0.478 e. The van der Waals surface area contributed by atoms with Gasteiger partial charge in [-0.1, -0.05) is 12.8 Å². The van der Waals surface area contributed by atoms with E-state index in [4.69, 9.17) is 5.11 Å². The third kappa shape index (κ3) is 2.40. The van der Waals surface area contributed by atoms with Crippen LogP contribution in [0.2, 0.25) is 0 Å². The molecule has 1 atom stereocenters. The van der Waals surface area contributed by atoms with Gasteiger partial charge in [0.15, 0.2) is 0 Å². The molecule has 4 heteroatoms. The van der Waals surface area contributed by atoms with Gasteiger partial charge in [0.25, 0.3) is 5.56 Å². The van der Waals surface area contributed by atoms with E-state index in [-0.39, 0.29) is 17.2 Å². The molecule has 1 aliphatic rings. The monoisotopic (exact) mass is 235 g/mol. The molecular weight excluding hydrogens is 218 g/mol. The molecule has 0 radical (unpaired) electrons. The summed E-state index contributed by atoms with van der Waals surface area (Å²) in [4.78, 5) is 22.7. The first-order chi connectivity index (χ1) is 8.09. The van der Waals surface area contributed by atoms with Crippen molar-refractivity contribution in [3.8, 4) is 0 Å². The van der Waals surface area contributed by atoms with E-state index in [1.807, 2.05) is 6.92 Å². The van der Waals surface area contributed by atoms with Gasteiger partial charge in [0.1, 0.15) is 0 Å². The Morgan fingerprint density at radius 3 is 2.65 bits per heavy atom. The molecule has 1 saturated carbocycles. The van der Waals surface area contributed by atoms with Gasteiger partial charge in [-0.05, 0) is 31.7 Å². The molecule has 0 spiro atoms. The number of carboxylic acid groups (broad SMARTS) is 1. The van der Waals surface area contributed by atoms with E-state index in [0.717, 1.165) is 12.8 Å². The topological polar surface area (TPSA) is 59.3 Å². The number of rotatable bonds is 3. The van der Waals surface area contributed by atoms with Crippen LogP contribution in [-0.2, 0) is 0 Å². The van der Waals surface area contributed by atoms with E-state index in [0.29, 0.717) is 5.92 Å². The summed E-state index contributed by atoms with van der Waals surface area (Å²) in [5.41, 5.74) is 0.0591. The van der Waals surface area contributed by atoms with Crippen LogP contribution in [0.3, 0.4) is 0 Å². The fraction of sp³-hybridized carbons (Fsp3) is 0.538. The maximum Gasteiger partial charge on any atom is 0.337 e. The Labute approximate surface area is 99.9 Å². The number of pyridine rings is 1. The van der Waals surface area contributed by atoms with Crippen LogP contribution >= 0.6 is 0 Å². The highest BCUT2D eigenvalue weighted by Crippen LogP contribution is 2.33. The van der Waals surface area contributed by atoms with Crippen molar-refractivity contribution < 1.29 is 9.90 Å². The molecule has 1 aliphatic carbocycles. The average Bonchev–Trinajstić information content (AvgIpc) is 2.81. The minimum atomic E-state index is -0.989. The van der Waals surface area contributed by atoms with Crippen molar-refractivity contribution >= 4 is 5.97 Å². The zero-order valence-electron chi connectivity index (χ0n) is 9.93. The lowest BCUT2D eigenvalue weighted by Crippen LogP contribution is -2.27. The van der Waals surface area contributed by atoms with Crippen molar-refractivity contribution in [3.05, 3.63) is 34.2 Å². The molecular formula is C13H17NO3. The normalized spacial score (nSPS) is 18.2. The lowest BCUT2D eigenvalue weighted by Gasteiger charge is -2.21. The molecule has 92 valence electrons. The summed E-state index contributed by atoms with van der Waals surface area (Å²) in [7, 11) is 0. The number of hydrogen-bond acceptors (Lipinski definition) is 2. The molecule has 1 unspecified atom stereocenters. The van der Waals surface area contributed by atoms with Gasteiger partial charge in [0, 0.05) is 18.3 Å². The predicted molar refractivity (Wildman–Crippen MR) is 64.3 cm³/mol. The van der Waals surface area contributed by atoms with Crippen molar-refractivity contribution in [1.82, 2.24) is 4.57 Å². The molecule has 0 aromatic carbocycles. The molecule has 1 aromatic rings. The van der Waals surface area contributed by atoms with Gasteiger partial charge in [0.2, 0.25) is 0 Å². The largest absolute Gasteiger partial charge is 0.478 e. The lowest BCUT2D eigenvalue weighted by molar-refractivity contribution is 0.0695. The Hall–Kier alpha value is -1.58. The molecule has 0 aliphatic heterocycles. The first-order valence-corrected chi connectivity index (χ1v) is 6.05. The van der Waals surface area contributed by atoms with Gasteiger partial charge in [-0.15, -0.1) is 0 Å². The Kier molecular flexibility index (Phi) is 3.31. The fourth-order valence-electron chi connectivity index (χ4n) is 2.62. The van der Waals surface area contributed by atoms with Crippen LogP contribution in [0.25, 0.3) is 0 Å². The molecule has 1 heterocycles. The quantitative estimate of drug-likeness (QED) is 0.874. The average molecular weight is 235 g/mol. The van der Waals surface area contributed by atoms with Gasteiger partial charge in [-0.2, -0.15) is 0 Å². The Morgan fingerprint density at radius 1 is 1.41 bits per heavy atom. The zero-order valence-corrected chi connectivity index (χ0v) is 9.93. The number of aromatic carboxylic acids is 1. The number of carbonyl (C=O) groups is 1. The fourth-order valence-corrected chi connectivity index (χ4v) is 2.62. The van der Waals surface area contributed by atoms with E-state index < -0.39 is 5.97 Å². The van der Waals surface area contributed by atoms with Crippen molar-refractivity contribution in [2.24, 2.45) is 5.92 Å². The lowest BCUT2D eigenvalue weighted by atomic mass is 9.99. The number of aromatic nitrogens is 1. The zero-order chi connectivity index (χ0) is 12.4. The SMILES string of the molecule is CC(C1CCCC1)n1cc(C(=O)O)ccc1=O. The first-order valence-electron chi connectivity index (χ1n) is 6.05. The van der Waals surface area contributed by atoms with Crippen LogP contribution in [0.4, 0.5) is 0 Å². The second kappa shape index (κ2) is 4.73. The first kappa shape index (κ1) is 11.9. The Balaban J connectivity index is 2.32. The van der Waals surface area contributed by atoms with Crippen LogP contribution in [-0.4, -0.2) is 15.6 Å². The summed E-state index contributed by atoms with van der Waals surface area (Å²) in [6.07, 6.45) is 6.15. The standard InChI is InChI=1S/C13H17NO3/c1-9(10-4-2-3-5-10)14-8-11(13(16)17)6-7-12(14)15/h6-10H,2-5H2,1H3,(H,16,17). The van der Waals surface area contributed by atoms with E-state index in [2.05, 4.69) is 0 Å². The van der Waals surface area contributed by atoms with E-state index in [1.54, 1.807) is 4.57 Å². The number of nitrogens with zero attached hydrogens (tertiary/aromatic N) is 1. The highest BCUT2D eigenvalue weighted by molar-refractivity contribution is 5.87. The third-order valence-electron chi connectivity index (χ3n) is 3.71. The third-order valence-corrected chi connectivity index (χ3v) is 3.71. The van der Waals surface area contributed by atoms with Crippen LogP contribution < -0.4 is 5.56 Å². The van der Waals surface area contributed by atoms with Crippen molar-refractivity contribution in [2.75, 3.05) is 0 Å². The second-order valence-electron chi connectivity index (χ2n) is 4.75. The molecule has 2 rings (SSSR count). The van der Waals surface area contributed by atoms with Gasteiger partial charge >= 0.3 is 5.97 Å². The van der Waals surface area contributed by atoms with Crippen LogP contribution in [0.5, 0.6) is 0 Å². The summed E-state index contributed by atoms with van der Waals surface area (Å²) < 4.78 is 1.57. The highest BCUT2D eigenvalue weighted by atomic mass is 16.4. The number of carboxylic acids is 1. The van der Waals surface area contributed by atoms with Gasteiger partial charge in [-0.3, -0.25) is 4.79 Å². The van der Waals surface area contributed by atoms with Gasteiger partial charge < -0.3 is 9.67 Å². The number of hydrogen-bond donors (Lipinski definition) is 1. The van der Waals surface area contributed by atoms with Crippen LogP contribution in [0.15, 0.2) is 23.1 Å². The van der Waals surface area contributed by atoms with Crippen molar-refractivity contribution in [1.29, 1.82) is 0 Å². The summed E-state index contributed by atoms with van der Waals surface area (Å²) >= 11 is 0. The molecule has 1 fully saturated rings. The summed E-state index contributed by atoms with van der Waals surface area (Å²) in [5.74, 6) is -0.492. The molecule has 17 heavy (non-hydrogen) atoms. The van der Waals surface area contributed by atoms with Crippen LogP contribution in [0, 0.1) is 5.92 Å². The van der Waals surface area contributed by atoms with E-state index in [9.17, 15) is 9.59 Å².